The van der Waals surface area contributed by atoms with Gasteiger partial charge in [-0.2, -0.15) is 5.10 Å². The number of hydrogen-bond donors (Lipinski definition) is 1. The van der Waals surface area contributed by atoms with Gasteiger partial charge < -0.3 is 5.32 Å². The molecule has 0 saturated carbocycles. The summed E-state index contributed by atoms with van der Waals surface area (Å²) < 4.78 is 1.69. The molecular weight excluding hydrogens is 304 g/mol. The molecule has 6 nitrogen and oxygen atoms in total. The Morgan fingerprint density at radius 2 is 2.17 bits per heavy atom. The minimum absolute atomic E-state index is 0.00685. The number of unbranched alkanes of at least 4 members (excludes halogenated alkanes) is 3. The Balaban J connectivity index is 2.04. The van der Waals surface area contributed by atoms with Gasteiger partial charge in [-0.25, -0.2) is 9.67 Å². The minimum atomic E-state index is -0.114. The van der Waals surface area contributed by atoms with Crippen LogP contribution in [0.1, 0.15) is 58.8 Å². The van der Waals surface area contributed by atoms with Crippen LogP contribution in [0, 0.1) is 5.92 Å². The first-order valence-corrected chi connectivity index (χ1v) is 8.76. The van der Waals surface area contributed by atoms with Crippen molar-refractivity contribution in [2.24, 2.45) is 10.9 Å². The van der Waals surface area contributed by atoms with Gasteiger partial charge in [0.1, 0.15) is 11.5 Å². The van der Waals surface area contributed by atoms with Crippen molar-refractivity contribution in [3.05, 3.63) is 30.4 Å². The molecule has 24 heavy (non-hydrogen) atoms. The second-order valence-corrected chi connectivity index (χ2v) is 6.07. The van der Waals surface area contributed by atoms with Crippen LogP contribution in [0.15, 0.2) is 35.3 Å². The third kappa shape index (κ3) is 4.88. The van der Waals surface area contributed by atoms with Gasteiger partial charge in [-0.15, -0.1) is 0 Å². The van der Waals surface area contributed by atoms with E-state index in [0.29, 0.717) is 12.8 Å². The van der Waals surface area contributed by atoms with Gasteiger partial charge in [-0.1, -0.05) is 33.1 Å². The topological polar surface area (TPSA) is 76.3 Å². The van der Waals surface area contributed by atoms with E-state index in [2.05, 4.69) is 22.3 Å². The first-order chi connectivity index (χ1) is 11.7. The van der Waals surface area contributed by atoms with E-state index in [9.17, 15) is 9.59 Å². The molecule has 1 atom stereocenters. The molecule has 1 unspecified atom stereocenters. The molecule has 0 saturated heterocycles. The summed E-state index contributed by atoms with van der Waals surface area (Å²) in [6.07, 6.45) is 10.7. The molecule has 1 aromatic heterocycles. The number of Topliss-reactive ketones (excluding diaryl/α,β-unsaturated/α-hetero) is 1. The standard InChI is InChI=1S/C18H26N4O2/c1-3-5-6-7-9-17(24)21-15-13-19-18(22-11-8-10-20-22)14(4-2)12-16(15)23/h8,10-11,13-14H,3-7,9,12H2,1-2H3,(H,21,24). The lowest BCUT2D eigenvalue weighted by atomic mass is 9.97. The number of carbonyl (C=O) groups excluding carboxylic acids is 2. The van der Waals surface area contributed by atoms with Crippen molar-refractivity contribution in [2.75, 3.05) is 0 Å². The molecule has 2 rings (SSSR count). The number of allylic oxidation sites excluding steroid dienone is 1. The fourth-order valence-corrected chi connectivity index (χ4v) is 2.74. The molecule has 1 amide bonds. The first-order valence-electron chi connectivity index (χ1n) is 8.76. The minimum Gasteiger partial charge on any atom is -0.322 e. The number of rotatable bonds is 7. The quantitative estimate of drug-likeness (QED) is 0.781. The SMILES string of the molecule is CCCCCCC(=O)NC1=CN=C(n2cccn2)C(CC)CC1=O. The number of nitrogens with one attached hydrogen (secondary N) is 1. The van der Waals surface area contributed by atoms with Gasteiger partial charge in [-0.05, 0) is 18.9 Å². The summed E-state index contributed by atoms with van der Waals surface area (Å²) in [6.45, 7) is 4.16. The van der Waals surface area contributed by atoms with E-state index in [1.54, 1.807) is 10.9 Å². The Morgan fingerprint density at radius 3 is 2.83 bits per heavy atom. The van der Waals surface area contributed by atoms with E-state index >= 15 is 0 Å². The summed E-state index contributed by atoms with van der Waals surface area (Å²) in [4.78, 5) is 28.9. The van der Waals surface area contributed by atoms with Crippen LogP contribution in [0.5, 0.6) is 0 Å². The van der Waals surface area contributed by atoms with Crippen LogP contribution in [0.3, 0.4) is 0 Å². The molecule has 130 valence electrons. The van der Waals surface area contributed by atoms with Crippen LogP contribution in [0.4, 0.5) is 0 Å². The Labute approximate surface area is 143 Å². The maximum Gasteiger partial charge on any atom is 0.224 e. The number of ketones is 1. The molecule has 1 aliphatic heterocycles. The van der Waals surface area contributed by atoms with Gasteiger partial charge in [0.15, 0.2) is 5.78 Å². The van der Waals surface area contributed by atoms with Crippen molar-refractivity contribution in [1.29, 1.82) is 0 Å². The Kier molecular flexibility index (Phi) is 6.90. The molecule has 0 radical (unpaired) electrons. The van der Waals surface area contributed by atoms with Crippen molar-refractivity contribution in [1.82, 2.24) is 15.1 Å². The van der Waals surface area contributed by atoms with Crippen LogP contribution in [-0.2, 0) is 9.59 Å². The van der Waals surface area contributed by atoms with E-state index in [1.165, 1.54) is 6.20 Å². The smallest absolute Gasteiger partial charge is 0.224 e. The van der Waals surface area contributed by atoms with E-state index in [-0.39, 0.29) is 23.3 Å². The van der Waals surface area contributed by atoms with Gasteiger partial charge in [0.05, 0.1) is 6.20 Å². The van der Waals surface area contributed by atoms with E-state index in [1.807, 2.05) is 19.2 Å². The molecule has 0 aromatic carbocycles. The summed E-state index contributed by atoms with van der Waals surface area (Å²) in [5.74, 6) is 0.543. The lowest BCUT2D eigenvalue weighted by Crippen LogP contribution is -2.29. The second kappa shape index (κ2) is 9.15. The summed E-state index contributed by atoms with van der Waals surface area (Å²) in [7, 11) is 0. The van der Waals surface area contributed by atoms with Crippen molar-refractivity contribution in [2.45, 2.75) is 58.8 Å². The van der Waals surface area contributed by atoms with Crippen molar-refractivity contribution >= 4 is 17.5 Å². The van der Waals surface area contributed by atoms with Gasteiger partial charge in [0.2, 0.25) is 5.91 Å². The highest BCUT2D eigenvalue weighted by atomic mass is 16.2. The fraction of sp³-hybridized carbons (Fsp3) is 0.556. The maximum absolute atomic E-state index is 12.4. The van der Waals surface area contributed by atoms with E-state index < -0.39 is 0 Å². The van der Waals surface area contributed by atoms with Crippen LogP contribution in [-0.4, -0.2) is 27.3 Å². The summed E-state index contributed by atoms with van der Waals surface area (Å²) in [6, 6.07) is 1.82. The zero-order valence-electron chi connectivity index (χ0n) is 14.5. The maximum atomic E-state index is 12.4. The molecule has 0 bridgehead atoms. The zero-order valence-corrected chi connectivity index (χ0v) is 14.5. The van der Waals surface area contributed by atoms with Crippen LogP contribution >= 0.6 is 0 Å². The van der Waals surface area contributed by atoms with Crippen LogP contribution in [0.25, 0.3) is 0 Å². The molecule has 1 aromatic rings. The monoisotopic (exact) mass is 330 g/mol. The average molecular weight is 330 g/mol. The highest BCUT2D eigenvalue weighted by molar-refractivity contribution is 6.03. The number of hydrogen-bond acceptors (Lipinski definition) is 4. The highest BCUT2D eigenvalue weighted by Crippen LogP contribution is 2.19. The number of nitrogens with zero attached hydrogens (tertiary/aromatic N) is 3. The van der Waals surface area contributed by atoms with Gasteiger partial charge in [0.25, 0.3) is 0 Å². The first kappa shape index (κ1) is 18.1. The fourth-order valence-electron chi connectivity index (χ4n) is 2.74. The Hall–Kier alpha value is -2.24. The van der Waals surface area contributed by atoms with Crippen molar-refractivity contribution < 1.29 is 9.59 Å². The zero-order chi connectivity index (χ0) is 17.4. The normalized spacial score (nSPS) is 17.9. The number of aliphatic imine (C=N–C) groups is 1. The molecule has 1 aliphatic rings. The molecular formula is C18H26N4O2. The Bertz CT molecular complexity index is 617. The molecule has 2 heterocycles. The number of amides is 1. The number of aromatic nitrogens is 2. The lowest BCUT2D eigenvalue weighted by molar-refractivity contribution is -0.123. The van der Waals surface area contributed by atoms with Gasteiger partial charge in [0, 0.05) is 31.2 Å². The second-order valence-electron chi connectivity index (χ2n) is 6.07. The molecule has 0 aliphatic carbocycles. The predicted molar refractivity (Wildman–Crippen MR) is 93.4 cm³/mol. The molecule has 6 heteroatoms. The van der Waals surface area contributed by atoms with Gasteiger partial charge >= 0.3 is 0 Å². The lowest BCUT2D eigenvalue weighted by Gasteiger charge is -2.15. The molecule has 0 spiro atoms. The largest absolute Gasteiger partial charge is 0.322 e. The van der Waals surface area contributed by atoms with Crippen LogP contribution < -0.4 is 5.32 Å². The molecule has 0 fully saturated rings. The number of carbonyl (C=O) groups is 2. The molecule has 1 N–H and O–H groups in total. The highest BCUT2D eigenvalue weighted by Gasteiger charge is 2.25. The van der Waals surface area contributed by atoms with E-state index in [0.717, 1.165) is 37.9 Å². The van der Waals surface area contributed by atoms with Crippen molar-refractivity contribution in [3.8, 4) is 0 Å². The summed E-state index contributed by atoms with van der Waals surface area (Å²) >= 11 is 0. The van der Waals surface area contributed by atoms with Gasteiger partial charge in [-0.3, -0.25) is 9.59 Å². The van der Waals surface area contributed by atoms with E-state index in [4.69, 9.17) is 0 Å². The van der Waals surface area contributed by atoms with Crippen LogP contribution in [0.2, 0.25) is 0 Å². The third-order valence-corrected chi connectivity index (χ3v) is 4.19. The summed E-state index contributed by atoms with van der Waals surface area (Å²) in [5, 5.41) is 6.94. The van der Waals surface area contributed by atoms with Crippen molar-refractivity contribution in [3.63, 3.8) is 0 Å². The Morgan fingerprint density at radius 1 is 1.33 bits per heavy atom. The predicted octanol–water partition coefficient (Wildman–Crippen LogP) is 3.06. The third-order valence-electron chi connectivity index (χ3n) is 4.19. The summed E-state index contributed by atoms with van der Waals surface area (Å²) in [5.41, 5.74) is 0.288. The average Bonchev–Trinajstić information content (AvgIpc) is 3.05.